The zero-order valence-corrected chi connectivity index (χ0v) is 27.7. The highest BCUT2D eigenvalue weighted by molar-refractivity contribution is 7.88. The summed E-state index contributed by atoms with van der Waals surface area (Å²) in [6.45, 7) is 0. The molecule has 0 heterocycles. The number of likely N-dealkylation sites (N-methyl/N-ethyl adjacent to an activating group) is 2. The van der Waals surface area contributed by atoms with E-state index in [9.17, 15) is 57.9 Å². The van der Waals surface area contributed by atoms with Crippen LogP contribution in [-0.4, -0.2) is 52.4 Å². The van der Waals surface area contributed by atoms with Gasteiger partial charge < -0.3 is 15.1 Å². The first kappa shape index (κ1) is 39.2. The normalized spacial score (nSPS) is 12.5. The summed E-state index contributed by atoms with van der Waals surface area (Å²) in [5.41, 5.74) is -0.917. The molecule has 0 saturated carbocycles. The van der Waals surface area contributed by atoms with Gasteiger partial charge >= 0.3 is 16.2 Å². The molecule has 0 saturated heterocycles. The third-order valence-corrected chi connectivity index (χ3v) is 8.44. The molecule has 0 aromatic heterocycles. The lowest BCUT2D eigenvalue weighted by Gasteiger charge is -2.26. The summed E-state index contributed by atoms with van der Waals surface area (Å²) in [5.74, 6) is -11.8. The molecule has 0 fully saturated rings. The van der Waals surface area contributed by atoms with E-state index in [4.69, 9.17) is 0 Å². The van der Waals surface area contributed by atoms with Crippen molar-refractivity contribution in [1.29, 1.82) is 0 Å². The smallest absolute Gasteiger partial charge is 0.325 e. The predicted molar refractivity (Wildman–Crippen MR) is 171 cm³/mol. The second kappa shape index (κ2) is 16.2. The van der Waals surface area contributed by atoms with Gasteiger partial charge in [-0.3, -0.25) is 9.59 Å². The first-order valence-corrected chi connectivity index (χ1v) is 16.3. The van der Waals surface area contributed by atoms with Crippen LogP contribution in [0.1, 0.15) is 11.1 Å². The average Bonchev–Trinajstić information content (AvgIpc) is 3.04. The summed E-state index contributed by atoms with van der Waals surface area (Å²) < 4.78 is 140. The molecule has 276 valence electrons. The van der Waals surface area contributed by atoms with Gasteiger partial charge in [0, 0.05) is 56.2 Å². The Morgan fingerprint density at radius 3 is 1.37 bits per heavy atom. The minimum atomic E-state index is -5.15. The Kier molecular flexibility index (Phi) is 12.2. The van der Waals surface area contributed by atoms with Gasteiger partial charge in [-0.25, -0.2) is 44.6 Å². The number of nitrogens with one attached hydrogen (secondary N) is 3. The lowest BCUT2D eigenvalue weighted by Crippen LogP contribution is -2.57. The summed E-state index contributed by atoms with van der Waals surface area (Å²) in [4.78, 5) is 41.4. The van der Waals surface area contributed by atoms with Crippen LogP contribution in [0.5, 0.6) is 0 Å². The molecule has 0 radical (unpaired) electrons. The fourth-order valence-corrected chi connectivity index (χ4v) is 5.86. The van der Waals surface area contributed by atoms with Crippen LogP contribution in [0.2, 0.25) is 0 Å². The minimum Gasteiger partial charge on any atom is -0.325 e. The first-order chi connectivity index (χ1) is 24.3. The van der Waals surface area contributed by atoms with Crippen molar-refractivity contribution in [2.45, 2.75) is 24.9 Å². The molecule has 0 aliphatic heterocycles. The summed E-state index contributed by atoms with van der Waals surface area (Å²) >= 11 is 0. The molecule has 19 heteroatoms. The Hall–Kier alpha value is -5.56. The van der Waals surface area contributed by atoms with Gasteiger partial charge in [0.1, 0.15) is 35.4 Å². The van der Waals surface area contributed by atoms with Crippen LogP contribution in [0.4, 0.5) is 51.3 Å². The molecule has 4 aromatic carbocycles. The van der Waals surface area contributed by atoms with E-state index in [0.717, 1.165) is 55.4 Å². The van der Waals surface area contributed by atoms with E-state index in [2.05, 4.69) is 0 Å². The van der Waals surface area contributed by atoms with Crippen molar-refractivity contribution in [3.63, 3.8) is 0 Å². The van der Waals surface area contributed by atoms with Gasteiger partial charge in [-0.05, 0) is 66.1 Å². The number of rotatable bonds is 12. The van der Waals surface area contributed by atoms with Crippen LogP contribution in [0.3, 0.4) is 0 Å². The molecule has 10 nitrogen and oxygen atoms in total. The molecule has 52 heavy (non-hydrogen) atoms. The third kappa shape index (κ3) is 10.3. The van der Waals surface area contributed by atoms with Crippen LogP contribution in [0.15, 0.2) is 72.8 Å². The maximum absolute atomic E-state index is 14.0. The molecule has 4 amide bonds. The number of carbonyl (C=O) groups is 3. The second-order valence-electron chi connectivity index (χ2n) is 11.3. The molecule has 0 spiro atoms. The summed E-state index contributed by atoms with van der Waals surface area (Å²) in [5, 5.41) is 2.02. The Morgan fingerprint density at radius 1 is 0.577 bits per heavy atom. The van der Waals surface area contributed by atoms with Gasteiger partial charge in [0.15, 0.2) is 23.3 Å². The van der Waals surface area contributed by atoms with Gasteiger partial charge in [-0.1, -0.05) is 0 Å². The average molecular weight is 758 g/mol. The molecule has 0 bridgehead atoms. The third-order valence-electron chi connectivity index (χ3n) is 7.39. The summed E-state index contributed by atoms with van der Waals surface area (Å²) in [7, 11) is -3.02. The molecule has 0 aliphatic rings. The lowest BCUT2D eigenvalue weighted by molar-refractivity contribution is -0.120. The Bertz CT molecular complexity index is 2080. The quantitative estimate of drug-likeness (QED) is 0.180. The van der Waals surface area contributed by atoms with Crippen molar-refractivity contribution < 1.29 is 57.9 Å². The molecular weight excluding hydrogens is 730 g/mol. The van der Waals surface area contributed by atoms with Crippen LogP contribution in [0, 0.1) is 46.5 Å². The van der Waals surface area contributed by atoms with Gasteiger partial charge in [-0.2, -0.15) is 13.1 Å². The molecule has 2 atom stereocenters. The number of nitrogens with zero attached hydrogens (tertiary/aromatic N) is 2. The van der Waals surface area contributed by atoms with Gasteiger partial charge in [0.25, 0.3) is 0 Å². The Balaban J connectivity index is 1.60. The molecule has 3 N–H and O–H groups in total. The van der Waals surface area contributed by atoms with E-state index < -0.39 is 99.5 Å². The number of hydrogen-bond acceptors (Lipinski definition) is 5. The summed E-state index contributed by atoms with van der Waals surface area (Å²) in [6.07, 6.45) is -1.40. The number of hydrogen-bond donors (Lipinski definition) is 3. The van der Waals surface area contributed by atoms with Crippen molar-refractivity contribution in [3.8, 4) is 0 Å². The first-order valence-electron chi connectivity index (χ1n) is 14.8. The van der Waals surface area contributed by atoms with E-state index in [0.29, 0.717) is 41.3 Å². The second-order valence-corrected chi connectivity index (χ2v) is 12.7. The predicted octanol–water partition coefficient (Wildman–Crippen LogP) is 4.78. The number of benzene rings is 4. The largest absolute Gasteiger partial charge is 0.330 e. The number of urea groups is 1. The highest BCUT2D eigenvalue weighted by atomic mass is 32.2. The van der Waals surface area contributed by atoms with Crippen molar-refractivity contribution in [1.82, 2.24) is 14.8 Å². The molecule has 4 aromatic rings. The van der Waals surface area contributed by atoms with Crippen LogP contribution in [0.25, 0.3) is 0 Å². The topological polar surface area (TPSA) is 128 Å². The lowest BCUT2D eigenvalue weighted by atomic mass is 10.0. The number of halogens is 8. The summed E-state index contributed by atoms with van der Waals surface area (Å²) in [6, 6.07) is 3.41. The van der Waals surface area contributed by atoms with Crippen LogP contribution in [-0.2, 0) is 32.6 Å². The Labute approximate surface area is 291 Å². The van der Waals surface area contributed by atoms with Crippen molar-refractivity contribution in [2.24, 2.45) is 0 Å². The number of anilines is 2. The molecular formula is C33H27F8N5O5S. The number of amides is 4. The van der Waals surface area contributed by atoms with Crippen molar-refractivity contribution >= 4 is 39.4 Å². The number of carbonyl (C=O) groups excluding carboxylic acids is 3. The highest BCUT2D eigenvalue weighted by Gasteiger charge is 2.32. The monoisotopic (exact) mass is 757 g/mol. The maximum Gasteiger partial charge on any atom is 0.330 e. The van der Waals surface area contributed by atoms with Gasteiger partial charge in [-0.15, -0.1) is 0 Å². The van der Waals surface area contributed by atoms with E-state index in [1.807, 2.05) is 10.0 Å². The Morgan fingerprint density at radius 2 is 0.962 bits per heavy atom. The van der Waals surface area contributed by atoms with Crippen molar-refractivity contribution in [2.75, 3.05) is 23.9 Å². The fraction of sp³-hybridized carbons (Fsp3) is 0.182. The van der Waals surface area contributed by atoms with E-state index >= 15 is 0 Å². The zero-order valence-electron chi connectivity index (χ0n) is 26.9. The van der Waals surface area contributed by atoms with Gasteiger partial charge in [0.05, 0.1) is 0 Å². The van der Waals surface area contributed by atoms with Crippen LogP contribution >= 0.6 is 0 Å². The SMILES string of the molecule is CN(C(=O)C(Cc1cc(F)cc(F)c1)NS(=O)(=O)NC(=O)N[C@@H](Cc1cc(F)cc(F)c1)C(=O)N(C)c1ccc(F)c(F)c1)c1ccc(F)c(F)c1. The molecule has 0 aliphatic carbocycles. The maximum atomic E-state index is 14.0. The van der Waals surface area contributed by atoms with E-state index in [1.165, 1.54) is 4.72 Å². The minimum absolute atomic E-state index is 0.191. The van der Waals surface area contributed by atoms with E-state index in [1.54, 1.807) is 0 Å². The van der Waals surface area contributed by atoms with Crippen molar-refractivity contribution in [3.05, 3.63) is 130 Å². The fourth-order valence-electron chi connectivity index (χ4n) is 4.94. The highest BCUT2D eigenvalue weighted by Crippen LogP contribution is 2.21. The standard InChI is InChI=1S/C33H27F8N5O5S/c1-45(23-3-5-25(38)27(40)15-23)31(47)29(11-17-7-19(34)13-20(35)8-17)42-33(49)44-52(50,51)43-30(12-18-9-21(36)14-22(37)10-18)32(48)46(2)24-4-6-26(39)28(41)16-24/h3-10,13-16,29-30,43H,11-12H2,1-2H3,(H2,42,44,49)/t29-,30?/m0/s1. The zero-order chi connectivity index (χ0) is 38.5. The van der Waals surface area contributed by atoms with Crippen LogP contribution < -0.4 is 24.6 Å². The van der Waals surface area contributed by atoms with E-state index in [-0.39, 0.29) is 22.5 Å². The molecule has 4 rings (SSSR count). The molecule has 1 unspecified atom stereocenters. The van der Waals surface area contributed by atoms with Gasteiger partial charge in [0.2, 0.25) is 11.8 Å².